The molecule has 1 aliphatic heterocycles. The Hall–Kier alpha value is -4.79. The summed E-state index contributed by atoms with van der Waals surface area (Å²) in [6.45, 7) is 6.18. The highest BCUT2D eigenvalue weighted by atomic mass is 16.5. The normalized spacial score (nSPS) is 16.3. The number of Topliss-reactive ketones (excluding diaryl/α,β-unsaturated/α-hetero) is 1. The van der Waals surface area contributed by atoms with Gasteiger partial charge < -0.3 is 24.4 Å². The molecule has 0 aromatic heterocycles. The Morgan fingerprint density at radius 1 is 0.897 bits per heavy atom. The average molecular weight is 532 g/mol. The van der Waals surface area contributed by atoms with Crippen molar-refractivity contribution < 1.29 is 38.8 Å². The van der Waals surface area contributed by atoms with E-state index in [2.05, 4.69) is 0 Å². The van der Waals surface area contributed by atoms with Crippen LogP contribution in [0.4, 0.5) is 5.69 Å². The molecule has 202 valence electrons. The Bertz CT molecular complexity index is 1430. The maximum atomic E-state index is 13.5. The lowest BCUT2D eigenvalue weighted by Crippen LogP contribution is -2.29. The van der Waals surface area contributed by atoms with Crippen LogP contribution in [0.1, 0.15) is 48.3 Å². The average Bonchev–Trinajstić information content (AvgIpc) is 3.19. The number of benzene rings is 3. The van der Waals surface area contributed by atoms with Gasteiger partial charge >= 0.3 is 5.97 Å². The number of hydrogen-bond donors (Lipinski definition) is 2. The zero-order valence-electron chi connectivity index (χ0n) is 21.8. The number of ether oxygens (including phenoxy) is 3. The van der Waals surface area contributed by atoms with Gasteiger partial charge in [-0.2, -0.15) is 0 Å². The van der Waals surface area contributed by atoms with Gasteiger partial charge in [0.05, 0.1) is 42.6 Å². The van der Waals surface area contributed by atoms with Crippen LogP contribution in [0, 0.1) is 0 Å². The van der Waals surface area contributed by atoms with Crippen LogP contribution in [0.15, 0.2) is 72.3 Å². The van der Waals surface area contributed by atoms with Crippen molar-refractivity contribution in [3.8, 4) is 17.2 Å². The van der Waals surface area contributed by atoms with Crippen molar-refractivity contribution in [2.45, 2.75) is 26.8 Å². The number of aliphatic hydroxyl groups excluding tert-OH is 1. The number of hydrogen-bond acceptors (Lipinski definition) is 8. The van der Waals surface area contributed by atoms with E-state index in [1.54, 1.807) is 62.4 Å². The van der Waals surface area contributed by atoms with Gasteiger partial charge in [-0.3, -0.25) is 14.5 Å². The third-order valence-corrected chi connectivity index (χ3v) is 6.11. The molecule has 3 aromatic rings. The van der Waals surface area contributed by atoms with Crippen molar-refractivity contribution in [1.82, 2.24) is 0 Å². The summed E-state index contributed by atoms with van der Waals surface area (Å²) in [5.74, 6) is -2.02. The monoisotopic (exact) mass is 531 g/mol. The first-order valence-electron chi connectivity index (χ1n) is 12.6. The highest BCUT2D eigenvalue weighted by Crippen LogP contribution is 2.44. The topological polar surface area (TPSA) is 123 Å². The number of amides is 1. The number of aliphatic hydroxyl groups is 1. The van der Waals surface area contributed by atoms with Gasteiger partial charge in [0.1, 0.15) is 23.0 Å². The highest BCUT2D eigenvalue weighted by molar-refractivity contribution is 6.51. The van der Waals surface area contributed by atoms with Crippen LogP contribution in [-0.4, -0.2) is 47.7 Å². The molecule has 0 aliphatic carbocycles. The van der Waals surface area contributed by atoms with E-state index in [1.165, 1.54) is 23.1 Å². The fraction of sp³-hybridized carbons (Fsp3) is 0.233. The molecule has 4 rings (SSSR count). The van der Waals surface area contributed by atoms with Crippen molar-refractivity contribution in [2.24, 2.45) is 0 Å². The first-order valence-corrected chi connectivity index (χ1v) is 12.6. The quantitative estimate of drug-likeness (QED) is 0.171. The number of phenolic OH excluding ortho intramolecular Hbond substituents is 1. The third-order valence-electron chi connectivity index (χ3n) is 6.11. The Morgan fingerprint density at radius 3 is 2.28 bits per heavy atom. The second-order valence-electron chi connectivity index (χ2n) is 8.56. The molecule has 1 aliphatic rings. The standard InChI is InChI=1S/C30H29NO8/c1-4-37-22-14-15-23(24(17-22)38-5-2)27(33)25-26(18-10-12-21(32)13-11-18)31(29(35)28(25)34)20-9-7-8-19(16-20)30(36)39-6-3/h7-17,26,32-33H,4-6H2,1-3H3/b27-25-. The summed E-state index contributed by atoms with van der Waals surface area (Å²) >= 11 is 0. The molecule has 0 spiro atoms. The van der Waals surface area contributed by atoms with E-state index in [-0.39, 0.29) is 47.1 Å². The molecule has 2 N–H and O–H groups in total. The molecule has 39 heavy (non-hydrogen) atoms. The summed E-state index contributed by atoms with van der Waals surface area (Å²) in [6.07, 6.45) is 0. The molecule has 1 unspecified atom stereocenters. The summed E-state index contributed by atoms with van der Waals surface area (Å²) < 4.78 is 16.4. The van der Waals surface area contributed by atoms with Crippen LogP contribution in [0.5, 0.6) is 17.2 Å². The number of anilines is 1. The third kappa shape index (κ3) is 5.43. The molecule has 1 atom stereocenters. The Labute approximate surface area is 225 Å². The molecule has 9 heteroatoms. The summed E-state index contributed by atoms with van der Waals surface area (Å²) in [6, 6.07) is 15.9. The molecule has 1 heterocycles. The molecule has 0 radical (unpaired) electrons. The maximum absolute atomic E-state index is 13.5. The van der Waals surface area contributed by atoms with Crippen LogP contribution in [0.3, 0.4) is 0 Å². The number of nitrogens with zero attached hydrogens (tertiary/aromatic N) is 1. The smallest absolute Gasteiger partial charge is 0.338 e. The van der Waals surface area contributed by atoms with Crippen molar-refractivity contribution in [1.29, 1.82) is 0 Å². The maximum Gasteiger partial charge on any atom is 0.338 e. The van der Waals surface area contributed by atoms with Crippen molar-refractivity contribution in [3.05, 3.63) is 89.0 Å². The zero-order valence-corrected chi connectivity index (χ0v) is 21.8. The minimum atomic E-state index is -1.07. The summed E-state index contributed by atoms with van der Waals surface area (Å²) in [5.41, 5.74) is 0.959. The first kappa shape index (κ1) is 27.3. The molecule has 3 aromatic carbocycles. The Kier molecular flexibility index (Phi) is 8.19. The summed E-state index contributed by atoms with van der Waals surface area (Å²) in [7, 11) is 0. The van der Waals surface area contributed by atoms with Gasteiger partial charge in [0.15, 0.2) is 0 Å². The van der Waals surface area contributed by atoms with E-state index in [9.17, 15) is 24.6 Å². The van der Waals surface area contributed by atoms with Gasteiger partial charge in [-0.25, -0.2) is 4.79 Å². The number of aromatic hydroxyl groups is 1. The number of rotatable bonds is 9. The molecule has 0 saturated carbocycles. The van der Waals surface area contributed by atoms with E-state index in [1.807, 2.05) is 6.92 Å². The molecule has 1 amide bonds. The molecule has 1 saturated heterocycles. The lowest BCUT2D eigenvalue weighted by atomic mass is 9.94. The number of ketones is 1. The van der Waals surface area contributed by atoms with Crippen molar-refractivity contribution in [3.63, 3.8) is 0 Å². The number of phenols is 1. The SMILES string of the molecule is CCOC(=O)c1cccc(N2C(=O)C(=O)/C(=C(\O)c3ccc(OCC)cc3OCC)C2c2ccc(O)cc2)c1. The molecular formula is C30H29NO8. The number of carbonyl (C=O) groups is 3. The van der Waals surface area contributed by atoms with Gasteiger partial charge in [-0.15, -0.1) is 0 Å². The molecular weight excluding hydrogens is 502 g/mol. The first-order chi connectivity index (χ1) is 18.8. The molecule has 9 nitrogen and oxygen atoms in total. The Balaban J connectivity index is 1.92. The molecule has 1 fully saturated rings. The van der Waals surface area contributed by atoms with Crippen molar-refractivity contribution >= 4 is 29.1 Å². The zero-order chi connectivity index (χ0) is 28.1. The van der Waals surface area contributed by atoms with Crippen LogP contribution in [0.2, 0.25) is 0 Å². The minimum absolute atomic E-state index is 0.00912. The van der Waals surface area contributed by atoms with Crippen LogP contribution in [-0.2, 0) is 14.3 Å². The van der Waals surface area contributed by atoms with Crippen molar-refractivity contribution in [2.75, 3.05) is 24.7 Å². The van der Waals surface area contributed by atoms with Gasteiger partial charge in [0.2, 0.25) is 0 Å². The van der Waals surface area contributed by atoms with Gasteiger partial charge in [0, 0.05) is 11.8 Å². The molecule has 0 bridgehead atoms. The second kappa shape index (κ2) is 11.7. The van der Waals surface area contributed by atoms with E-state index < -0.39 is 29.5 Å². The largest absolute Gasteiger partial charge is 0.508 e. The van der Waals surface area contributed by atoms with E-state index in [4.69, 9.17) is 14.2 Å². The minimum Gasteiger partial charge on any atom is -0.508 e. The fourth-order valence-corrected chi connectivity index (χ4v) is 4.44. The fourth-order valence-electron chi connectivity index (χ4n) is 4.44. The van der Waals surface area contributed by atoms with Gasteiger partial charge in [-0.1, -0.05) is 18.2 Å². The van der Waals surface area contributed by atoms with Crippen LogP contribution in [0.25, 0.3) is 5.76 Å². The van der Waals surface area contributed by atoms with Gasteiger partial charge in [-0.05, 0) is 68.8 Å². The Morgan fingerprint density at radius 2 is 1.62 bits per heavy atom. The number of esters is 1. The van der Waals surface area contributed by atoms with Crippen LogP contribution < -0.4 is 14.4 Å². The lowest BCUT2D eigenvalue weighted by Gasteiger charge is -2.26. The van der Waals surface area contributed by atoms with E-state index in [0.717, 1.165) is 0 Å². The summed E-state index contributed by atoms with van der Waals surface area (Å²) in [5, 5.41) is 21.4. The van der Waals surface area contributed by atoms with Crippen LogP contribution >= 0.6 is 0 Å². The predicted molar refractivity (Wildman–Crippen MR) is 144 cm³/mol. The second-order valence-corrected chi connectivity index (χ2v) is 8.56. The lowest BCUT2D eigenvalue weighted by molar-refractivity contribution is -0.132. The number of carbonyl (C=O) groups excluding carboxylic acids is 3. The highest BCUT2D eigenvalue weighted by Gasteiger charge is 2.47. The summed E-state index contributed by atoms with van der Waals surface area (Å²) in [4.78, 5) is 40.6. The van der Waals surface area contributed by atoms with Gasteiger partial charge in [0.25, 0.3) is 11.7 Å². The predicted octanol–water partition coefficient (Wildman–Crippen LogP) is 4.99. The van der Waals surface area contributed by atoms with E-state index in [0.29, 0.717) is 17.9 Å². The van der Waals surface area contributed by atoms with E-state index >= 15 is 0 Å².